The molecule has 1 amide bonds. The van der Waals surface area contributed by atoms with Gasteiger partial charge in [-0.15, -0.1) is 0 Å². The normalized spacial score (nSPS) is 11.8. The number of ether oxygens (including phenoxy) is 3. The zero-order chi connectivity index (χ0) is 26.2. The van der Waals surface area contributed by atoms with Crippen molar-refractivity contribution in [3.8, 4) is 28.5 Å². The van der Waals surface area contributed by atoms with Gasteiger partial charge in [-0.25, -0.2) is 19.7 Å². The smallest absolute Gasteiger partial charge is 0.409 e. The van der Waals surface area contributed by atoms with Crippen molar-refractivity contribution in [2.24, 2.45) is 11.5 Å². The average Bonchev–Trinajstić information content (AvgIpc) is 2.90. The monoisotopic (exact) mass is 501 g/mol. The summed E-state index contributed by atoms with van der Waals surface area (Å²) >= 11 is 0. The van der Waals surface area contributed by atoms with Crippen molar-refractivity contribution in [3.05, 3.63) is 72.3 Å². The predicted octanol–water partition coefficient (Wildman–Crippen LogP) is 5.11. The molecule has 0 saturated carbocycles. The second-order valence-corrected chi connectivity index (χ2v) is 8.68. The minimum absolute atomic E-state index is 0.255. The number of carbonyl (C=O) groups is 1. The highest BCUT2D eigenvalue weighted by atomic mass is 16.5. The number of aryl methyl sites for hydroxylation is 1. The molecule has 0 spiro atoms. The Balaban J connectivity index is 1.37. The van der Waals surface area contributed by atoms with Crippen molar-refractivity contribution in [3.63, 3.8) is 0 Å². The molecule has 9 heteroatoms. The fourth-order valence-corrected chi connectivity index (χ4v) is 4.18. The Labute approximate surface area is 215 Å². The third-order valence-corrected chi connectivity index (χ3v) is 6.13. The number of carbonyl (C=O) groups excluding carboxylic acids is 1. The summed E-state index contributed by atoms with van der Waals surface area (Å²) in [5.41, 5.74) is 15.9. The molecule has 0 fully saturated rings. The summed E-state index contributed by atoms with van der Waals surface area (Å²) in [7, 11) is 1.59. The summed E-state index contributed by atoms with van der Waals surface area (Å²) in [4.78, 5) is 24.3. The number of para-hydroxylation sites is 1. The van der Waals surface area contributed by atoms with Crippen LogP contribution in [-0.2, 0) is 0 Å². The highest BCUT2D eigenvalue weighted by molar-refractivity contribution is 5.91. The van der Waals surface area contributed by atoms with E-state index in [9.17, 15) is 4.79 Å². The Morgan fingerprint density at radius 2 is 1.81 bits per heavy atom. The van der Waals surface area contributed by atoms with E-state index in [4.69, 9.17) is 25.7 Å². The van der Waals surface area contributed by atoms with Gasteiger partial charge in [0.1, 0.15) is 23.3 Å². The van der Waals surface area contributed by atoms with Gasteiger partial charge < -0.3 is 25.7 Å². The number of aromatic nitrogens is 3. The molecule has 2 aromatic carbocycles. The molecule has 2 heterocycles. The molecule has 9 nitrogen and oxygen atoms in total. The standard InChI is InChI=1S/C28H31N5O4/c1-18-22-14-20(19-11-12-26(35-2)31-16-19)15-25(27(22)33-17-32-18)36-13-7-3-4-9-23(29)21-8-5-6-10-24(21)37-28(30)34/h5-6,8,10-12,14-17,23H,3-4,7,9,13,29H2,1-2H3,(H2,30,34). The zero-order valence-corrected chi connectivity index (χ0v) is 21.0. The number of nitrogens with two attached hydrogens (primary N) is 2. The first-order valence-corrected chi connectivity index (χ1v) is 12.2. The second kappa shape index (κ2) is 12.1. The number of unbranched alkanes of at least 4 members (excludes halogenated alkanes) is 2. The third-order valence-electron chi connectivity index (χ3n) is 6.13. The van der Waals surface area contributed by atoms with Crippen LogP contribution in [0.25, 0.3) is 22.0 Å². The molecule has 4 rings (SSSR count). The quantitative estimate of drug-likeness (QED) is 0.271. The van der Waals surface area contributed by atoms with Gasteiger partial charge in [0.25, 0.3) is 0 Å². The summed E-state index contributed by atoms with van der Waals surface area (Å²) in [6.45, 7) is 2.50. The molecule has 0 radical (unpaired) electrons. The Bertz CT molecular complexity index is 1360. The maximum absolute atomic E-state index is 11.2. The van der Waals surface area contributed by atoms with Crippen LogP contribution in [0.1, 0.15) is 43.0 Å². The van der Waals surface area contributed by atoms with Gasteiger partial charge in [0, 0.05) is 40.5 Å². The van der Waals surface area contributed by atoms with Crippen molar-refractivity contribution in [2.75, 3.05) is 13.7 Å². The van der Waals surface area contributed by atoms with E-state index in [1.165, 1.54) is 0 Å². The van der Waals surface area contributed by atoms with E-state index in [2.05, 4.69) is 21.0 Å². The van der Waals surface area contributed by atoms with Crippen molar-refractivity contribution >= 4 is 17.0 Å². The molecule has 0 bridgehead atoms. The van der Waals surface area contributed by atoms with E-state index < -0.39 is 6.09 Å². The van der Waals surface area contributed by atoms with Crippen LogP contribution >= 0.6 is 0 Å². The van der Waals surface area contributed by atoms with Crippen LogP contribution < -0.4 is 25.7 Å². The van der Waals surface area contributed by atoms with Gasteiger partial charge in [0.2, 0.25) is 5.88 Å². The van der Waals surface area contributed by atoms with E-state index in [0.717, 1.165) is 59.0 Å². The van der Waals surface area contributed by atoms with Gasteiger partial charge in [0.15, 0.2) is 0 Å². The highest BCUT2D eigenvalue weighted by Crippen LogP contribution is 2.33. The lowest BCUT2D eigenvalue weighted by Crippen LogP contribution is -2.19. The van der Waals surface area contributed by atoms with E-state index in [0.29, 0.717) is 24.0 Å². The van der Waals surface area contributed by atoms with Crippen molar-refractivity contribution in [1.29, 1.82) is 0 Å². The predicted molar refractivity (Wildman–Crippen MR) is 142 cm³/mol. The third kappa shape index (κ3) is 6.50. The van der Waals surface area contributed by atoms with Gasteiger partial charge >= 0.3 is 6.09 Å². The number of fused-ring (bicyclic) bond motifs is 1. The number of rotatable bonds is 11. The summed E-state index contributed by atoms with van der Waals surface area (Å²) < 4.78 is 16.4. The number of nitrogens with zero attached hydrogens (tertiary/aromatic N) is 3. The maximum atomic E-state index is 11.2. The van der Waals surface area contributed by atoms with Crippen LogP contribution in [0.3, 0.4) is 0 Å². The van der Waals surface area contributed by atoms with Crippen molar-refractivity contribution in [1.82, 2.24) is 15.0 Å². The fourth-order valence-electron chi connectivity index (χ4n) is 4.18. The fraction of sp³-hybridized carbons (Fsp3) is 0.286. The maximum Gasteiger partial charge on any atom is 0.409 e. The van der Waals surface area contributed by atoms with E-state index in [1.807, 2.05) is 37.3 Å². The molecule has 192 valence electrons. The van der Waals surface area contributed by atoms with Crippen LogP contribution in [0, 0.1) is 6.92 Å². The van der Waals surface area contributed by atoms with Crippen LogP contribution in [0.15, 0.2) is 61.1 Å². The molecule has 1 atom stereocenters. The Kier molecular flexibility index (Phi) is 8.48. The Morgan fingerprint density at radius 1 is 0.973 bits per heavy atom. The molecule has 0 saturated heterocycles. The van der Waals surface area contributed by atoms with Gasteiger partial charge in [-0.05, 0) is 56.0 Å². The zero-order valence-electron chi connectivity index (χ0n) is 21.0. The number of hydrogen-bond donors (Lipinski definition) is 2. The number of primary amides is 1. The molecule has 1 unspecified atom stereocenters. The largest absolute Gasteiger partial charge is 0.491 e. The number of hydrogen-bond acceptors (Lipinski definition) is 8. The molecule has 4 aromatic rings. The number of pyridine rings is 1. The van der Waals surface area contributed by atoms with E-state index in [1.54, 1.807) is 31.8 Å². The first-order valence-electron chi connectivity index (χ1n) is 12.2. The molecular weight excluding hydrogens is 470 g/mol. The van der Waals surface area contributed by atoms with Crippen molar-refractivity contribution < 1.29 is 19.0 Å². The Morgan fingerprint density at radius 3 is 2.57 bits per heavy atom. The SMILES string of the molecule is COc1ccc(-c2cc(OCCCCCC(N)c3ccccc3OC(N)=O)c3ncnc(C)c3c2)cn1. The molecule has 0 aliphatic carbocycles. The van der Waals surface area contributed by atoms with E-state index in [-0.39, 0.29) is 6.04 Å². The number of amides is 1. The van der Waals surface area contributed by atoms with Crippen LogP contribution in [0.5, 0.6) is 17.4 Å². The summed E-state index contributed by atoms with van der Waals surface area (Å²) in [5.74, 6) is 1.68. The minimum atomic E-state index is -0.850. The molecule has 4 N–H and O–H groups in total. The molecule has 2 aromatic heterocycles. The van der Waals surface area contributed by atoms with Crippen LogP contribution in [0.2, 0.25) is 0 Å². The molecule has 37 heavy (non-hydrogen) atoms. The average molecular weight is 502 g/mol. The summed E-state index contributed by atoms with van der Waals surface area (Å²) in [6, 6.07) is 14.8. The Hall–Kier alpha value is -4.24. The lowest BCUT2D eigenvalue weighted by Gasteiger charge is -2.16. The first kappa shape index (κ1) is 25.8. The second-order valence-electron chi connectivity index (χ2n) is 8.68. The minimum Gasteiger partial charge on any atom is -0.491 e. The molecular formula is C28H31N5O4. The highest BCUT2D eigenvalue weighted by Gasteiger charge is 2.14. The van der Waals surface area contributed by atoms with Crippen LogP contribution in [0.4, 0.5) is 4.79 Å². The van der Waals surface area contributed by atoms with Gasteiger partial charge in [-0.2, -0.15) is 0 Å². The first-order chi connectivity index (χ1) is 18.0. The van der Waals surface area contributed by atoms with Gasteiger partial charge in [0.05, 0.1) is 13.7 Å². The topological polar surface area (TPSA) is 135 Å². The lowest BCUT2D eigenvalue weighted by molar-refractivity contribution is 0.210. The van der Waals surface area contributed by atoms with Crippen LogP contribution in [-0.4, -0.2) is 34.8 Å². The summed E-state index contributed by atoms with van der Waals surface area (Å²) in [6.07, 6.45) is 5.91. The van der Waals surface area contributed by atoms with E-state index >= 15 is 0 Å². The molecule has 0 aliphatic rings. The number of methoxy groups -OCH3 is 1. The summed E-state index contributed by atoms with van der Waals surface area (Å²) in [5, 5.41) is 0.939. The lowest BCUT2D eigenvalue weighted by atomic mass is 10.0. The number of benzene rings is 2. The molecule has 0 aliphatic heterocycles. The van der Waals surface area contributed by atoms with Gasteiger partial charge in [-0.3, -0.25) is 0 Å². The van der Waals surface area contributed by atoms with Crippen molar-refractivity contribution in [2.45, 2.75) is 38.6 Å². The van der Waals surface area contributed by atoms with Gasteiger partial charge in [-0.1, -0.05) is 24.6 Å².